The van der Waals surface area contributed by atoms with Crippen molar-refractivity contribution in [2.45, 2.75) is 13.1 Å². The second-order valence-electron chi connectivity index (χ2n) is 7.41. The summed E-state index contributed by atoms with van der Waals surface area (Å²) in [7, 11) is 0. The highest BCUT2D eigenvalue weighted by molar-refractivity contribution is 6.34. The lowest BCUT2D eigenvalue weighted by molar-refractivity contribution is -0.385. The van der Waals surface area contributed by atoms with Gasteiger partial charge in [0.1, 0.15) is 11.6 Å². The van der Waals surface area contributed by atoms with Crippen LogP contribution in [0.25, 0.3) is 6.08 Å². The number of nitrogens with zero attached hydrogens (tertiary/aromatic N) is 2. The summed E-state index contributed by atoms with van der Waals surface area (Å²) in [5.41, 5.74) is -1.96. The molecule has 0 aromatic heterocycles. The molecule has 0 unspecified atom stereocenters. The number of ether oxygens (including phenoxy) is 2. The summed E-state index contributed by atoms with van der Waals surface area (Å²) in [6.45, 7) is 1.71. The Morgan fingerprint density at radius 2 is 1.84 bits per heavy atom. The first-order valence-electron chi connectivity index (χ1n) is 10.6. The molecule has 3 aromatic carbocycles. The lowest BCUT2D eigenvalue weighted by Crippen LogP contribution is -2.13. The van der Waals surface area contributed by atoms with Crippen LogP contribution in [0.15, 0.2) is 60.2 Å². The van der Waals surface area contributed by atoms with Gasteiger partial charge in [-0.15, -0.1) is 0 Å². The third kappa shape index (κ3) is 6.73. The molecule has 38 heavy (non-hydrogen) atoms. The number of carbonyl (C=O) groups is 1. The quantitative estimate of drug-likeness (QED) is 0.130. The molecule has 3 aromatic rings. The first kappa shape index (κ1) is 28.3. The molecule has 0 aliphatic carbocycles. The summed E-state index contributed by atoms with van der Waals surface area (Å²) in [5.74, 6) is -1.52. The van der Waals surface area contributed by atoms with Gasteiger partial charge in [-0.2, -0.15) is 18.4 Å². The zero-order chi connectivity index (χ0) is 28.0. The van der Waals surface area contributed by atoms with E-state index in [0.717, 1.165) is 6.07 Å². The van der Waals surface area contributed by atoms with Crippen LogP contribution in [0.1, 0.15) is 18.1 Å². The van der Waals surface area contributed by atoms with Crippen molar-refractivity contribution in [3.05, 3.63) is 91.5 Å². The highest BCUT2D eigenvalue weighted by Crippen LogP contribution is 2.44. The molecular formula is C25H16Cl2F3N3O5. The van der Waals surface area contributed by atoms with Gasteiger partial charge < -0.3 is 14.8 Å². The van der Waals surface area contributed by atoms with E-state index in [2.05, 4.69) is 5.32 Å². The normalized spacial score (nSPS) is 11.4. The Balaban J connectivity index is 1.99. The van der Waals surface area contributed by atoms with Gasteiger partial charge in [-0.1, -0.05) is 35.3 Å². The summed E-state index contributed by atoms with van der Waals surface area (Å²) >= 11 is 12.4. The van der Waals surface area contributed by atoms with E-state index in [0.29, 0.717) is 12.1 Å². The number of halogens is 5. The number of rotatable bonds is 8. The maximum atomic E-state index is 13.0. The van der Waals surface area contributed by atoms with E-state index in [1.807, 2.05) is 0 Å². The van der Waals surface area contributed by atoms with Gasteiger partial charge >= 0.3 is 11.9 Å². The van der Waals surface area contributed by atoms with Gasteiger partial charge in [0.05, 0.1) is 32.8 Å². The van der Waals surface area contributed by atoms with Gasteiger partial charge in [-0.3, -0.25) is 14.9 Å². The monoisotopic (exact) mass is 565 g/mol. The van der Waals surface area contributed by atoms with Crippen LogP contribution in [0.5, 0.6) is 17.2 Å². The van der Waals surface area contributed by atoms with Crippen molar-refractivity contribution in [3.63, 3.8) is 0 Å². The zero-order valence-corrected chi connectivity index (χ0v) is 20.8. The molecule has 0 heterocycles. The molecule has 0 bridgehead atoms. The van der Waals surface area contributed by atoms with Crippen LogP contribution in [0.2, 0.25) is 10.0 Å². The highest BCUT2D eigenvalue weighted by Gasteiger charge is 2.33. The average Bonchev–Trinajstić information content (AvgIpc) is 2.85. The van der Waals surface area contributed by atoms with E-state index in [4.69, 9.17) is 32.7 Å². The summed E-state index contributed by atoms with van der Waals surface area (Å²) < 4.78 is 50.1. The number of amides is 1. The minimum atomic E-state index is -4.80. The number of nitro benzene ring substituents is 1. The number of nitro groups is 1. The molecule has 0 atom stereocenters. The molecule has 13 heteroatoms. The van der Waals surface area contributed by atoms with Crippen LogP contribution < -0.4 is 14.8 Å². The average molecular weight is 566 g/mol. The zero-order valence-electron chi connectivity index (χ0n) is 19.3. The lowest BCUT2D eigenvalue weighted by Gasteiger charge is -2.15. The van der Waals surface area contributed by atoms with Gasteiger partial charge in [0.2, 0.25) is 5.75 Å². The van der Waals surface area contributed by atoms with E-state index < -0.39 is 34.0 Å². The van der Waals surface area contributed by atoms with Gasteiger partial charge in [0.15, 0.2) is 11.5 Å². The predicted octanol–water partition coefficient (Wildman–Crippen LogP) is 7.66. The van der Waals surface area contributed by atoms with Gasteiger partial charge in [-0.05, 0) is 55.0 Å². The summed E-state index contributed by atoms with van der Waals surface area (Å²) in [5, 5.41) is 23.6. The van der Waals surface area contributed by atoms with Crippen LogP contribution in [0, 0.1) is 21.4 Å². The number of nitriles is 1. The molecule has 3 rings (SSSR count). The standard InChI is InChI=1S/C25H16Cl2F3N3O5/c1-2-37-22-11-14(9-15(13-31)24(34)32-19-6-4-3-5-17(19)26)10-18(27)23(22)38-21-8-7-16(25(28,29)30)12-20(21)33(35)36/h3-12H,2H2,1H3,(H,32,34)/b15-9+. The fourth-order valence-electron chi connectivity index (χ4n) is 3.13. The van der Waals surface area contributed by atoms with Crippen molar-refractivity contribution in [2.75, 3.05) is 11.9 Å². The van der Waals surface area contributed by atoms with Crippen molar-refractivity contribution >= 4 is 46.6 Å². The molecule has 0 aliphatic rings. The Bertz CT molecular complexity index is 1470. The van der Waals surface area contributed by atoms with Crippen LogP contribution in [0.4, 0.5) is 24.5 Å². The van der Waals surface area contributed by atoms with Crippen molar-refractivity contribution in [1.29, 1.82) is 5.26 Å². The Hall–Kier alpha value is -4.27. The van der Waals surface area contributed by atoms with E-state index >= 15 is 0 Å². The molecule has 1 N–H and O–H groups in total. The van der Waals surface area contributed by atoms with Crippen molar-refractivity contribution < 1.29 is 32.4 Å². The third-order valence-corrected chi connectivity index (χ3v) is 5.44. The van der Waals surface area contributed by atoms with Gasteiger partial charge in [0.25, 0.3) is 5.91 Å². The van der Waals surface area contributed by atoms with Gasteiger partial charge in [-0.25, -0.2) is 0 Å². The minimum absolute atomic E-state index is 0.0377. The van der Waals surface area contributed by atoms with E-state index in [-0.39, 0.29) is 45.0 Å². The second-order valence-corrected chi connectivity index (χ2v) is 8.22. The Morgan fingerprint density at radius 1 is 1.13 bits per heavy atom. The molecule has 0 aliphatic heterocycles. The van der Waals surface area contributed by atoms with E-state index in [1.54, 1.807) is 37.3 Å². The fourth-order valence-corrected chi connectivity index (χ4v) is 3.57. The summed E-state index contributed by atoms with van der Waals surface area (Å²) in [4.78, 5) is 23.0. The number of benzene rings is 3. The maximum Gasteiger partial charge on any atom is 0.416 e. The number of hydrogen-bond acceptors (Lipinski definition) is 6. The van der Waals surface area contributed by atoms with E-state index in [1.165, 1.54) is 18.2 Å². The van der Waals surface area contributed by atoms with Gasteiger partial charge in [0, 0.05) is 6.07 Å². The number of carbonyl (C=O) groups excluding carboxylic acids is 1. The van der Waals surface area contributed by atoms with E-state index in [9.17, 15) is 33.3 Å². The van der Waals surface area contributed by atoms with Crippen LogP contribution in [-0.2, 0) is 11.0 Å². The molecule has 0 radical (unpaired) electrons. The molecule has 0 saturated heterocycles. The number of hydrogen-bond donors (Lipinski definition) is 1. The Morgan fingerprint density at radius 3 is 2.45 bits per heavy atom. The molecule has 0 spiro atoms. The maximum absolute atomic E-state index is 13.0. The van der Waals surface area contributed by atoms with Crippen molar-refractivity contribution in [1.82, 2.24) is 0 Å². The highest BCUT2D eigenvalue weighted by atomic mass is 35.5. The first-order valence-corrected chi connectivity index (χ1v) is 11.4. The van der Waals surface area contributed by atoms with Crippen LogP contribution in [-0.4, -0.2) is 17.4 Å². The number of nitrogens with one attached hydrogen (secondary N) is 1. The summed E-state index contributed by atoms with van der Waals surface area (Å²) in [6, 6.07) is 12.6. The molecular weight excluding hydrogens is 550 g/mol. The molecule has 8 nitrogen and oxygen atoms in total. The lowest BCUT2D eigenvalue weighted by atomic mass is 10.1. The first-order chi connectivity index (χ1) is 17.9. The minimum Gasteiger partial charge on any atom is -0.490 e. The fraction of sp³-hybridized carbons (Fsp3) is 0.120. The molecule has 0 saturated carbocycles. The van der Waals surface area contributed by atoms with Crippen LogP contribution >= 0.6 is 23.2 Å². The number of anilines is 1. The predicted molar refractivity (Wildman–Crippen MR) is 134 cm³/mol. The van der Waals surface area contributed by atoms with Crippen LogP contribution in [0.3, 0.4) is 0 Å². The Labute approximate surface area is 223 Å². The summed E-state index contributed by atoms with van der Waals surface area (Å²) in [6.07, 6.45) is -3.59. The topological polar surface area (TPSA) is 114 Å². The third-order valence-electron chi connectivity index (χ3n) is 4.82. The smallest absolute Gasteiger partial charge is 0.416 e. The molecule has 196 valence electrons. The number of alkyl halides is 3. The molecule has 1 amide bonds. The van der Waals surface area contributed by atoms with Crippen molar-refractivity contribution in [2.24, 2.45) is 0 Å². The van der Waals surface area contributed by atoms with Crippen molar-refractivity contribution in [3.8, 4) is 23.3 Å². The molecule has 0 fully saturated rings. The largest absolute Gasteiger partial charge is 0.490 e. The Kier molecular flexibility index (Phi) is 8.83. The number of para-hydroxylation sites is 1. The SMILES string of the molecule is CCOc1cc(/C=C(\C#N)C(=O)Nc2ccccc2Cl)cc(Cl)c1Oc1ccc(C(F)(F)F)cc1[N+](=O)[O-]. The second kappa shape index (κ2) is 11.9.